The van der Waals surface area contributed by atoms with Crippen molar-refractivity contribution < 1.29 is 17.4 Å². The molecule has 28 heavy (non-hydrogen) atoms. The van der Waals surface area contributed by atoms with Crippen LogP contribution in [0.15, 0.2) is 23.2 Å². The average molecular weight is 425 g/mol. The Morgan fingerprint density at radius 2 is 2.11 bits per heavy atom. The molecule has 9 heteroatoms. The van der Waals surface area contributed by atoms with Crippen molar-refractivity contribution >= 4 is 43.5 Å². The van der Waals surface area contributed by atoms with Crippen molar-refractivity contribution in [3.05, 3.63) is 36.6 Å². The van der Waals surface area contributed by atoms with Gasteiger partial charge in [-0.25, -0.2) is 4.39 Å². The summed E-state index contributed by atoms with van der Waals surface area (Å²) in [5.41, 5.74) is 2.38. The van der Waals surface area contributed by atoms with Crippen molar-refractivity contribution in [2.75, 3.05) is 16.8 Å². The third-order valence-electron chi connectivity index (χ3n) is 5.28. The van der Waals surface area contributed by atoms with Crippen molar-refractivity contribution in [2.24, 2.45) is 10.9 Å². The highest BCUT2D eigenvalue weighted by Crippen LogP contribution is 2.33. The molecule has 1 fully saturated rings. The van der Waals surface area contributed by atoms with Crippen LogP contribution in [0.25, 0.3) is 10.9 Å². The molecule has 2 heterocycles. The molecule has 2 aliphatic rings. The molecular weight excluding hydrogens is 401 g/mol. The lowest BCUT2D eigenvalue weighted by molar-refractivity contribution is 0.466. The lowest BCUT2D eigenvalue weighted by atomic mass is 10.1. The van der Waals surface area contributed by atoms with Gasteiger partial charge in [0.1, 0.15) is 10.9 Å². The van der Waals surface area contributed by atoms with E-state index in [1.807, 2.05) is 6.07 Å². The Kier molecular flexibility index (Phi) is 5.41. The molecule has 6 nitrogen and oxygen atoms in total. The smallest absolute Gasteiger partial charge is 0.265 e. The number of halogens is 1. The minimum absolute atomic E-state index is 0.289. The van der Waals surface area contributed by atoms with Crippen LogP contribution in [0.1, 0.15) is 31.4 Å². The van der Waals surface area contributed by atoms with Gasteiger partial charge in [-0.15, -0.1) is 11.8 Å². The van der Waals surface area contributed by atoms with E-state index in [-0.39, 0.29) is 11.9 Å². The maximum Gasteiger partial charge on any atom is 0.265 e. The van der Waals surface area contributed by atoms with E-state index in [2.05, 4.69) is 22.2 Å². The highest BCUT2D eigenvalue weighted by atomic mass is 32.2. The maximum absolute atomic E-state index is 14.1. The number of H-pyrrole nitrogens is 1. The van der Waals surface area contributed by atoms with Crippen LogP contribution in [0.3, 0.4) is 0 Å². The molecule has 1 unspecified atom stereocenters. The van der Waals surface area contributed by atoms with Crippen LogP contribution in [-0.2, 0) is 10.1 Å². The minimum atomic E-state index is -4.08. The Morgan fingerprint density at radius 3 is 2.82 bits per heavy atom. The van der Waals surface area contributed by atoms with Gasteiger partial charge in [-0.1, -0.05) is 12.8 Å². The molecule has 1 aromatic heterocycles. The van der Waals surface area contributed by atoms with Gasteiger partial charge in [0.2, 0.25) is 0 Å². The van der Waals surface area contributed by atoms with E-state index < -0.39 is 21.8 Å². The highest BCUT2D eigenvalue weighted by Gasteiger charge is 2.28. The van der Waals surface area contributed by atoms with Crippen LogP contribution in [0.4, 0.5) is 10.1 Å². The van der Waals surface area contributed by atoms with Gasteiger partial charge in [0.05, 0.1) is 28.7 Å². The Bertz CT molecular complexity index is 1010. The molecule has 1 aliphatic heterocycles. The SMILES string of the molecule is [CH2]C(CS(=O)(=O)O)[C@@H]1CSC(c2cc3cc(F)cc(NC4CCCC4)c3[nH]2)=N1. The minimum Gasteiger partial charge on any atom is -0.381 e. The summed E-state index contributed by atoms with van der Waals surface area (Å²) in [6.07, 6.45) is 4.57. The first-order valence-corrected chi connectivity index (χ1v) is 12.0. The summed E-state index contributed by atoms with van der Waals surface area (Å²) in [5, 5.41) is 4.98. The Labute approximate surface area is 168 Å². The topological polar surface area (TPSA) is 94.5 Å². The van der Waals surface area contributed by atoms with Gasteiger partial charge in [-0.2, -0.15) is 8.42 Å². The number of nitrogens with zero attached hydrogens (tertiary/aromatic N) is 1. The van der Waals surface area contributed by atoms with Crippen LogP contribution in [-0.4, -0.2) is 46.6 Å². The summed E-state index contributed by atoms with van der Waals surface area (Å²) in [6, 6.07) is 4.96. The normalized spacial score (nSPS) is 22.0. The van der Waals surface area contributed by atoms with Gasteiger partial charge >= 0.3 is 0 Å². The summed E-state index contributed by atoms with van der Waals surface area (Å²) >= 11 is 1.50. The Hall–Kier alpha value is -1.58. The number of hydrogen-bond donors (Lipinski definition) is 3. The van der Waals surface area contributed by atoms with Gasteiger partial charge in [-0.3, -0.25) is 9.55 Å². The fourth-order valence-corrected chi connectivity index (χ4v) is 5.80. The van der Waals surface area contributed by atoms with Gasteiger partial charge in [0.15, 0.2) is 0 Å². The number of aromatic amines is 1. The maximum atomic E-state index is 14.1. The first kappa shape index (κ1) is 19.7. The summed E-state index contributed by atoms with van der Waals surface area (Å²) in [6.45, 7) is 3.83. The second-order valence-electron chi connectivity index (χ2n) is 7.55. The summed E-state index contributed by atoms with van der Waals surface area (Å²) in [4.78, 5) is 7.94. The second kappa shape index (κ2) is 7.68. The fourth-order valence-electron chi connectivity index (χ4n) is 3.89. The number of hydrogen-bond acceptors (Lipinski definition) is 5. The van der Waals surface area contributed by atoms with E-state index in [4.69, 9.17) is 4.55 Å². The number of rotatable bonds is 6. The predicted molar refractivity (Wildman–Crippen MR) is 112 cm³/mol. The number of aromatic nitrogens is 1. The molecule has 1 radical (unpaired) electrons. The predicted octanol–water partition coefficient (Wildman–Crippen LogP) is 3.86. The van der Waals surface area contributed by atoms with Crippen LogP contribution in [0.2, 0.25) is 0 Å². The highest BCUT2D eigenvalue weighted by molar-refractivity contribution is 8.14. The molecule has 4 rings (SSSR count). The van der Waals surface area contributed by atoms with Gasteiger partial charge in [0, 0.05) is 17.2 Å². The van der Waals surface area contributed by atoms with Crippen molar-refractivity contribution in [1.29, 1.82) is 0 Å². The quantitative estimate of drug-likeness (QED) is 0.612. The van der Waals surface area contributed by atoms with Crippen LogP contribution >= 0.6 is 11.8 Å². The lowest BCUT2D eigenvalue weighted by Crippen LogP contribution is -2.24. The summed E-state index contributed by atoms with van der Waals surface area (Å²) < 4.78 is 45.3. The second-order valence-corrected chi connectivity index (χ2v) is 10.1. The molecule has 0 spiro atoms. The van der Waals surface area contributed by atoms with Crippen molar-refractivity contribution in [2.45, 2.75) is 37.8 Å². The van der Waals surface area contributed by atoms with E-state index in [0.717, 1.165) is 40.2 Å². The molecule has 3 N–H and O–H groups in total. The van der Waals surface area contributed by atoms with Crippen LogP contribution in [0, 0.1) is 18.7 Å². The molecule has 2 atom stereocenters. The molecule has 151 valence electrons. The molecule has 1 aromatic carbocycles. The first-order chi connectivity index (χ1) is 13.3. The molecule has 2 aromatic rings. The van der Waals surface area contributed by atoms with Crippen molar-refractivity contribution in [1.82, 2.24) is 4.98 Å². The largest absolute Gasteiger partial charge is 0.381 e. The van der Waals surface area contributed by atoms with Crippen molar-refractivity contribution in [3.8, 4) is 0 Å². The van der Waals surface area contributed by atoms with Gasteiger partial charge in [-0.05, 0) is 43.9 Å². The zero-order valence-electron chi connectivity index (χ0n) is 15.3. The summed E-state index contributed by atoms with van der Waals surface area (Å²) in [7, 11) is -4.08. The van der Waals surface area contributed by atoms with E-state index in [1.54, 1.807) is 0 Å². The van der Waals surface area contributed by atoms with Crippen LogP contribution in [0.5, 0.6) is 0 Å². The van der Waals surface area contributed by atoms with E-state index >= 15 is 0 Å². The molecule has 1 saturated carbocycles. The number of aliphatic imine (C=N–C) groups is 1. The number of anilines is 1. The fraction of sp³-hybridized carbons (Fsp3) is 0.474. The number of benzene rings is 1. The molecule has 0 amide bonds. The lowest BCUT2D eigenvalue weighted by Gasteiger charge is -2.14. The number of thioether (sulfide) groups is 1. The van der Waals surface area contributed by atoms with E-state index in [1.165, 1.54) is 36.7 Å². The van der Waals surface area contributed by atoms with E-state index in [9.17, 15) is 12.8 Å². The zero-order chi connectivity index (χ0) is 19.9. The number of fused-ring (bicyclic) bond motifs is 1. The zero-order valence-corrected chi connectivity index (χ0v) is 17.0. The standard InChI is InChI=1S/C19H23FN3O3S2/c1-11(10-28(24,25)26)17-9-27-19(23-17)16-7-12-6-13(20)8-15(18(12)22-16)21-14-4-2-3-5-14/h6-8,11,14,17,21-22H,1-5,9-10H2,(H,24,25,26)/t11?,17-/m0/s1. The summed E-state index contributed by atoms with van der Waals surface area (Å²) in [5.74, 6) is -0.636. The molecule has 1 aliphatic carbocycles. The van der Waals surface area contributed by atoms with Gasteiger partial charge in [0.25, 0.3) is 10.1 Å². The monoisotopic (exact) mass is 424 g/mol. The Balaban J connectivity index is 1.60. The van der Waals surface area contributed by atoms with E-state index in [0.29, 0.717) is 11.8 Å². The third-order valence-corrected chi connectivity index (χ3v) is 7.24. The van der Waals surface area contributed by atoms with Crippen molar-refractivity contribution in [3.63, 3.8) is 0 Å². The molecular formula is C19H23FN3O3S2. The van der Waals surface area contributed by atoms with Gasteiger partial charge < -0.3 is 10.3 Å². The Morgan fingerprint density at radius 1 is 1.36 bits per heavy atom. The van der Waals surface area contributed by atoms with Crippen LogP contribution < -0.4 is 5.32 Å². The average Bonchev–Trinajstić information content (AvgIpc) is 3.33. The third kappa shape index (κ3) is 4.36. The molecule has 0 bridgehead atoms. The molecule has 0 saturated heterocycles. The first-order valence-electron chi connectivity index (χ1n) is 9.36. The number of nitrogens with one attached hydrogen (secondary N) is 2.